The van der Waals surface area contributed by atoms with E-state index < -0.39 is 0 Å². The third-order valence-electron chi connectivity index (χ3n) is 29.9. The summed E-state index contributed by atoms with van der Waals surface area (Å²) in [6, 6.07) is 164. The monoisotopic (exact) mass is 1940 g/mol. The van der Waals surface area contributed by atoms with E-state index in [0.29, 0.717) is 52.8 Å². The molecule has 6 aliphatic rings. The van der Waals surface area contributed by atoms with E-state index in [1.54, 1.807) is 11.3 Å². The highest BCUT2D eigenvalue weighted by Gasteiger charge is 2.56. The number of rotatable bonds is 11. The number of para-hydroxylation sites is 7. The standard InChI is InChI=1S/C49H37N5.C43H27N5O.C41H24N4OS/c1-49(2)39-28-16-14-26-36(39)43-42(49)41-35-25-13-12-22-33(35)30-38(41)45-44(37-27-15-17-29-40(37)53(45)34-23-10-5-11-24-34)54(43)48-51-46(31-18-6-3-7-19-31)50-47(52-48)32-20-8-4-9-21-32;1-4-16-28(17-5-1)41-44-42(29-18-6-2-7-19-29)46-43(45-41)48-35-26-14-11-23-32(35)38-37(40-39(48)33-24-12-15-27-36(33)49-40)31-22-10-13-25-34(31)47(38)30-20-8-3-9-21-30;1-3-14-26(15-4-1)39-42-40(27-16-5-2-6-17-27)44-41(43-39)45-31-24-23-25-13-7-8-18-28(25)34(31)38-35(30-20-10-12-22-33(30)47-38)37-36(45)29-19-9-11-21-32(29)46-37/h3-29,44-45H,30H2,1-2H3;1-27H;1-24H. The third kappa shape index (κ3) is 14.1. The van der Waals surface area contributed by atoms with Crippen LogP contribution in [0.1, 0.15) is 47.7 Å². The number of aromatic nitrogens is 10. The summed E-state index contributed by atoms with van der Waals surface area (Å²) in [5.74, 6) is 6.98. The number of benzene rings is 18. The number of thiophene rings is 1. The molecule has 7 aromatic heterocycles. The highest BCUT2D eigenvalue weighted by atomic mass is 32.1. The zero-order valence-corrected chi connectivity index (χ0v) is 82.2. The zero-order valence-electron chi connectivity index (χ0n) is 81.4. The van der Waals surface area contributed by atoms with Crippen molar-refractivity contribution in [2.75, 3.05) is 19.6 Å². The maximum Gasteiger partial charge on any atom is 0.238 e. The first-order chi connectivity index (χ1) is 74.2. The number of nitrogens with zero attached hydrogens (tertiary/aromatic N) is 14. The van der Waals surface area contributed by atoms with E-state index in [0.717, 1.165) is 146 Å². The molecule has 0 saturated heterocycles. The minimum absolute atomic E-state index is 0.0436. The van der Waals surface area contributed by atoms with Crippen molar-refractivity contribution < 1.29 is 8.83 Å². The van der Waals surface area contributed by atoms with Gasteiger partial charge in [-0.3, -0.25) is 14.7 Å². The quantitative estimate of drug-likeness (QED) is 0.120. The minimum Gasteiger partial charge on any atom is -0.454 e. The average molecular weight is 1950 g/mol. The molecule has 25 aromatic rings. The number of hydrogen-bond donors (Lipinski definition) is 0. The summed E-state index contributed by atoms with van der Waals surface area (Å²) in [5.41, 5.74) is 32.4. The Bertz CT molecular complexity index is 9590. The first kappa shape index (κ1) is 87.1. The lowest BCUT2D eigenvalue weighted by Gasteiger charge is -2.37. The van der Waals surface area contributed by atoms with Gasteiger partial charge in [0.1, 0.15) is 22.5 Å². The smallest absolute Gasteiger partial charge is 0.238 e. The molecule has 0 spiro atoms. The zero-order chi connectivity index (χ0) is 99.2. The van der Waals surface area contributed by atoms with Gasteiger partial charge in [0.15, 0.2) is 46.5 Å². The maximum absolute atomic E-state index is 6.94. The molecule has 2 unspecified atom stereocenters. The largest absolute Gasteiger partial charge is 0.454 e. The Labute approximate surface area is 868 Å². The van der Waals surface area contributed by atoms with Crippen LogP contribution in [0, 0.1) is 0 Å². The predicted molar refractivity (Wildman–Crippen MR) is 607 cm³/mol. The summed E-state index contributed by atoms with van der Waals surface area (Å²) in [7, 11) is 0. The van der Waals surface area contributed by atoms with Crippen LogP contribution in [0.15, 0.2) is 493 Å². The van der Waals surface area contributed by atoms with Crippen LogP contribution in [0.5, 0.6) is 0 Å². The molecule has 18 aromatic carbocycles. The lowest BCUT2D eigenvalue weighted by Crippen LogP contribution is -2.40. The van der Waals surface area contributed by atoms with E-state index in [1.165, 1.54) is 82.0 Å². The predicted octanol–water partition coefficient (Wildman–Crippen LogP) is 33.4. The number of hydrogen-bond acceptors (Lipinski definition) is 16. The molecule has 0 N–H and O–H groups in total. The van der Waals surface area contributed by atoms with Crippen LogP contribution in [-0.2, 0) is 11.8 Å². The normalized spacial score (nSPS) is 14.5. The Kier molecular flexibility index (Phi) is 20.6. The lowest BCUT2D eigenvalue weighted by molar-refractivity contribution is 0.612. The van der Waals surface area contributed by atoms with Crippen LogP contribution in [0.25, 0.3) is 183 Å². The summed E-state index contributed by atoms with van der Waals surface area (Å²) >= 11 is 1.80. The van der Waals surface area contributed by atoms with Gasteiger partial charge < -0.3 is 18.3 Å². The molecule has 0 radical (unpaired) electrons. The van der Waals surface area contributed by atoms with Gasteiger partial charge in [0, 0.05) is 115 Å². The van der Waals surface area contributed by atoms with Crippen LogP contribution in [-0.4, -0.2) is 55.5 Å². The number of allylic oxidation sites excluding steroid dienone is 2. The van der Waals surface area contributed by atoms with E-state index in [4.69, 9.17) is 53.7 Å². The molecule has 0 bridgehead atoms. The fourth-order valence-corrected chi connectivity index (χ4v) is 24.8. The second-order valence-electron chi connectivity index (χ2n) is 38.8. The van der Waals surface area contributed by atoms with Crippen LogP contribution in [0.3, 0.4) is 0 Å². The molecular weight excluding hydrogens is 1860 g/mol. The van der Waals surface area contributed by atoms with Gasteiger partial charge in [-0.05, 0) is 129 Å². The van der Waals surface area contributed by atoms with Crippen molar-refractivity contribution in [3.63, 3.8) is 0 Å². The topological polar surface area (TPSA) is 160 Å². The van der Waals surface area contributed by atoms with Crippen molar-refractivity contribution in [1.29, 1.82) is 0 Å². The van der Waals surface area contributed by atoms with E-state index in [1.807, 2.05) is 158 Å². The molecule has 708 valence electrons. The van der Waals surface area contributed by atoms with Crippen molar-refractivity contribution in [3.8, 4) is 118 Å². The molecule has 16 nitrogen and oxygen atoms in total. The number of anilines is 9. The molecule has 0 fully saturated rings. The SMILES string of the molecule is CC1(C)C2=C(c3ccccc31)N(c1nc(-c3ccccc3)nc(-c3ccccc3)n1)C1c3ccccc3N(c3ccccc3)C1C1=C2c2ccccc2C1.c1ccc(-c2nc(-c3ccccc3)nc(N3c4ccc5ccccc5c4-c4sc5ccccc5c4-c4oc5ccccc5c43)n2)cc1.c1ccc(-c2nc(-c3ccccc3)nc(N3c4ccccc4-c4c(c5ccccc5n4-c4ccccc4)-c4oc5ccccc5c43)n2)cc1. The molecule has 31 rings (SSSR count). The highest BCUT2D eigenvalue weighted by molar-refractivity contribution is 7.23. The van der Waals surface area contributed by atoms with Crippen LogP contribution < -0.4 is 19.6 Å². The molecule has 0 saturated carbocycles. The van der Waals surface area contributed by atoms with E-state index in [2.05, 4.69) is 353 Å². The van der Waals surface area contributed by atoms with Crippen LogP contribution >= 0.6 is 11.3 Å². The molecule has 150 heavy (non-hydrogen) atoms. The summed E-state index contributed by atoms with van der Waals surface area (Å²) in [5, 5.41) is 6.57. The Balaban J connectivity index is 0.000000106. The Morgan fingerprint density at radius 3 is 1.27 bits per heavy atom. The van der Waals surface area contributed by atoms with Crippen LogP contribution in [0.2, 0.25) is 0 Å². The summed E-state index contributed by atoms with van der Waals surface area (Å²) in [4.78, 5) is 57.7. The Morgan fingerprint density at radius 1 is 0.300 bits per heavy atom. The van der Waals surface area contributed by atoms with Gasteiger partial charge in [-0.2, -0.15) is 29.9 Å². The van der Waals surface area contributed by atoms with Gasteiger partial charge in [-0.25, -0.2) is 15.0 Å². The van der Waals surface area contributed by atoms with Gasteiger partial charge in [0.25, 0.3) is 0 Å². The summed E-state index contributed by atoms with van der Waals surface area (Å²) in [6.45, 7) is 4.81. The summed E-state index contributed by atoms with van der Waals surface area (Å²) in [6.07, 6.45) is 0.878. The molecular formula is C133H88N14O2S. The molecule has 4 aliphatic heterocycles. The molecule has 17 heteroatoms. The van der Waals surface area contributed by atoms with Crippen molar-refractivity contribution in [3.05, 3.63) is 512 Å². The second kappa shape index (κ2) is 35.5. The van der Waals surface area contributed by atoms with Crippen LogP contribution in [0.4, 0.5) is 52.0 Å². The number of furan rings is 2. The molecule has 2 aliphatic carbocycles. The van der Waals surface area contributed by atoms with E-state index >= 15 is 0 Å². The molecule has 0 amide bonds. The Hall–Kier alpha value is -19.5. The minimum atomic E-state index is -0.296. The third-order valence-corrected chi connectivity index (χ3v) is 31.1. The fraction of sp³-hybridized carbons (Fsp3) is 0.0451. The van der Waals surface area contributed by atoms with Crippen molar-refractivity contribution in [2.45, 2.75) is 37.8 Å². The first-order valence-electron chi connectivity index (χ1n) is 50.7. The Morgan fingerprint density at radius 2 is 0.713 bits per heavy atom. The van der Waals surface area contributed by atoms with Gasteiger partial charge in [0.05, 0.1) is 45.9 Å². The average Bonchev–Trinajstić information content (AvgIpc) is 1.53. The second-order valence-corrected chi connectivity index (χ2v) is 39.9. The maximum atomic E-state index is 6.94. The molecule has 11 heterocycles. The van der Waals surface area contributed by atoms with Crippen molar-refractivity contribution in [2.24, 2.45) is 0 Å². The van der Waals surface area contributed by atoms with Gasteiger partial charge >= 0.3 is 0 Å². The fourth-order valence-electron chi connectivity index (χ4n) is 23.5. The number of fused-ring (bicyclic) bond motifs is 29. The van der Waals surface area contributed by atoms with Gasteiger partial charge in [-0.1, -0.05) is 408 Å². The van der Waals surface area contributed by atoms with Crippen molar-refractivity contribution in [1.82, 2.24) is 49.4 Å². The first-order valence-corrected chi connectivity index (χ1v) is 51.5. The van der Waals surface area contributed by atoms with Gasteiger partial charge in [0.2, 0.25) is 17.8 Å². The highest BCUT2D eigenvalue weighted by Crippen LogP contribution is 2.66. The van der Waals surface area contributed by atoms with E-state index in [9.17, 15) is 0 Å². The van der Waals surface area contributed by atoms with E-state index in [-0.39, 0.29) is 17.5 Å². The summed E-state index contributed by atoms with van der Waals surface area (Å²) < 4.78 is 17.4. The lowest BCUT2D eigenvalue weighted by atomic mass is 9.76. The van der Waals surface area contributed by atoms with Gasteiger partial charge in [-0.15, -0.1) is 11.3 Å². The molecule has 2 atom stereocenters. The van der Waals surface area contributed by atoms with Crippen molar-refractivity contribution >= 4 is 128 Å².